The molecule has 0 amide bonds. The van der Waals surface area contributed by atoms with Crippen molar-refractivity contribution in [3.8, 4) is 0 Å². The van der Waals surface area contributed by atoms with Crippen molar-refractivity contribution in [3.05, 3.63) is 39.9 Å². The van der Waals surface area contributed by atoms with Gasteiger partial charge in [0, 0.05) is 18.1 Å². The molecule has 1 atom stereocenters. The zero-order valence-electron chi connectivity index (χ0n) is 8.88. The van der Waals surface area contributed by atoms with Crippen LogP contribution in [0.15, 0.2) is 24.3 Å². The molecule has 0 saturated carbocycles. The summed E-state index contributed by atoms with van der Waals surface area (Å²) in [5.41, 5.74) is 0.648. The highest BCUT2D eigenvalue weighted by Crippen LogP contribution is 2.25. The van der Waals surface area contributed by atoms with E-state index in [0.29, 0.717) is 12.0 Å². The van der Waals surface area contributed by atoms with Crippen molar-refractivity contribution in [2.75, 3.05) is 0 Å². The summed E-state index contributed by atoms with van der Waals surface area (Å²) in [5, 5.41) is 21.1. The monoisotopic (exact) mass is 222 g/mol. The quantitative estimate of drug-likeness (QED) is 0.554. The summed E-state index contributed by atoms with van der Waals surface area (Å²) in [4.78, 5) is 20.6. The number of carbonyl (C=O) groups excluding carboxylic acids is 1. The number of non-ortho nitro benzene ring substituents is 1. The normalized spacial score (nSPS) is 12.1. The van der Waals surface area contributed by atoms with Crippen LogP contribution in [0.5, 0.6) is 0 Å². The van der Waals surface area contributed by atoms with Gasteiger partial charge in [-0.05, 0) is 24.3 Å². The van der Waals surface area contributed by atoms with E-state index in [1.165, 1.54) is 12.1 Å². The number of rotatable bonds is 5. The Morgan fingerprint density at radius 3 is 2.69 bits per heavy atom. The number of benzene rings is 1. The fourth-order valence-corrected chi connectivity index (χ4v) is 1.59. The molecule has 5 heteroatoms. The molecule has 16 heavy (non-hydrogen) atoms. The Bertz CT molecular complexity index is 403. The van der Waals surface area contributed by atoms with Crippen LogP contribution in [-0.2, 0) is 4.79 Å². The predicted octanol–water partition coefficient (Wildman–Crippen LogP) is 1.23. The second-order valence-corrected chi connectivity index (χ2v) is 3.53. The largest absolute Gasteiger partial charge is 0.550 e. The van der Waals surface area contributed by atoms with Crippen molar-refractivity contribution in [1.29, 1.82) is 0 Å². The Kier molecular flexibility index (Phi) is 3.99. The molecule has 86 valence electrons. The molecule has 1 aromatic rings. The highest BCUT2D eigenvalue weighted by atomic mass is 16.6. The molecule has 0 fully saturated rings. The first-order valence-corrected chi connectivity index (χ1v) is 4.98. The summed E-state index contributed by atoms with van der Waals surface area (Å²) < 4.78 is 0. The smallest absolute Gasteiger partial charge is 0.269 e. The lowest BCUT2D eigenvalue weighted by Gasteiger charge is -2.15. The van der Waals surface area contributed by atoms with Gasteiger partial charge in [0.05, 0.1) is 4.92 Å². The van der Waals surface area contributed by atoms with Gasteiger partial charge in [-0.25, -0.2) is 0 Å². The van der Waals surface area contributed by atoms with Gasteiger partial charge in [-0.1, -0.05) is 19.1 Å². The zero-order chi connectivity index (χ0) is 12.1. The first kappa shape index (κ1) is 12.2. The Labute approximate surface area is 92.9 Å². The van der Waals surface area contributed by atoms with Gasteiger partial charge in [0.15, 0.2) is 0 Å². The van der Waals surface area contributed by atoms with Crippen LogP contribution in [0.25, 0.3) is 0 Å². The molecular weight excluding hydrogens is 210 g/mol. The van der Waals surface area contributed by atoms with Crippen LogP contribution < -0.4 is 5.11 Å². The van der Waals surface area contributed by atoms with Crippen molar-refractivity contribution in [2.45, 2.75) is 25.7 Å². The molecule has 0 saturated heterocycles. The number of carboxylic acids is 1. The van der Waals surface area contributed by atoms with Gasteiger partial charge in [-0.2, -0.15) is 0 Å². The second-order valence-electron chi connectivity index (χ2n) is 3.53. The number of carboxylic acid groups (broad SMARTS) is 1. The van der Waals surface area contributed by atoms with Gasteiger partial charge in [0.25, 0.3) is 5.69 Å². The number of nitro benzene ring substituents is 1. The molecule has 0 radical (unpaired) electrons. The zero-order valence-corrected chi connectivity index (χ0v) is 8.88. The minimum Gasteiger partial charge on any atom is -0.550 e. The maximum absolute atomic E-state index is 10.6. The average molecular weight is 222 g/mol. The lowest BCUT2D eigenvalue weighted by atomic mass is 9.93. The van der Waals surface area contributed by atoms with Crippen LogP contribution in [0.3, 0.4) is 0 Å². The number of nitro groups is 1. The minimum atomic E-state index is -1.14. The first-order valence-electron chi connectivity index (χ1n) is 4.98. The highest BCUT2D eigenvalue weighted by Gasteiger charge is 2.13. The van der Waals surface area contributed by atoms with Gasteiger partial charge in [0.1, 0.15) is 0 Å². The van der Waals surface area contributed by atoms with E-state index in [-0.39, 0.29) is 18.0 Å². The third-order valence-corrected chi connectivity index (χ3v) is 2.46. The van der Waals surface area contributed by atoms with Crippen LogP contribution in [-0.4, -0.2) is 10.9 Å². The third-order valence-electron chi connectivity index (χ3n) is 2.46. The Balaban J connectivity index is 2.96. The summed E-state index contributed by atoms with van der Waals surface area (Å²) in [6.07, 6.45) is 0.493. The Hall–Kier alpha value is -1.91. The number of carbonyl (C=O) groups is 1. The number of aliphatic carboxylic acids is 1. The SMILES string of the molecule is CCC(CC(=O)[O-])c1cccc([N+](=O)[O-])c1. The molecule has 1 aromatic carbocycles. The van der Waals surface area contributed by atoms with E-state index < -0.39 is 10.9 Å². The van der Waals surface area contributed by atoms with Gasteiger partial charge >= 0.3 is 0 Å². The van der Waals surface area contributed by atoms with Crippen LogP contribution in [0.2, 0.25) is 0 Å². The van der Waals surface area contributed by atoms with Gasteiger partial charge < -0.3 is 9.90 Å². The molecule has 0 aromatic heterocycles. The standard InChI is InChI=1S/C11H13NO4/c1-2-8(7-11(13)14)9-4-3-5-10(6-9)12(15)16/h3-6,8H,2,7H2,1H3,(H,13,14)/p-1. The fourth-order valence-electron chi connectivity index (χ4n) is 1.59. The molecule has 0 N–H and O–H groups in total. The number of hydrogen-bond donors (Lipinski definition) is 0. The molecule has 1 rings (SSSR count). The van der Waals surface area contributed by atoms with Crippen molar-refractivity contribution < 1.29 is 14.8 Å². The Morgan fingerprint density at radius 2 is 2.19 bits per heavy atom. The molecule has 0 heterocycles. The summed E-state index contributed by atoms with van der Waals surface area (Å²) in [5.74, 6) is -1.37. The predicted molar refractivity (Wildman–Crippen MR) is 55.8 cm³/mol. The van der Waals surface area contributed by atoms with E-state index in [1.54, 1.807) is 12.1 Å². The van der Waals surface area contributed by atoms with Crippen molar-refractivity contribution in [3.63, 3.8) is 0 Å². The van der Waals surface area contributed by atoms with Crippen LogP contribution in [0, 0.1) is 10.1 Å². The van der Waals surface area contributed by atoms with Crippen LogP contribution in [0.1, 0.15) is 31.2 Å². The van der Waals surface area contributed by atoms with E-state index in [1.807, 2.05) is 6.92 Å². The lowest BCUT2D eigenvalue weighted by molar-refractivity contribution is -0.384. The lowest BCUT2D eigenvalue weighted by Crippen LogP contribution is -2.24. The molecule has 0 spiro atoms. The topological polar surface area (TPSA) is 83.3 Å². The summed E-state index contributed by atoms with van der Waals surface area (Å²) in [6, 6.07) is 6.06. The molecule has 0 aliphatic rings. The van der Waals surface area contributed by atoms with Gasteiger partial charge in [0.2, 0.25) is 0 Å². The van der Waals surface area contributed by atoms with Crippen LogP contribution in [0.4, 0.5) is 5.69 Å². The molecule has 0 aliphatic carbocycles. The minimum absolute atomic E-state index is 0.0192. The molecular formula is C11H12NO4-. The second kappa shape index (κ2) is 5.25. The third kappa shape index (κ3) is 3.05. The fraction of sp³-hybridized carbons (Fsp3) is 0.364. The maximum atomic E-state index is 10.6. The van der Waals surface area contributed by atoms with E-state index in [4.69, 9.17) is 0 Å². The van der Waals surface area contributed by atoms with Gasteiger partial charge in [-0.3, -0.25) is 10.1 Å². The number of hydrogen-bond acceptors (Lipinski definition) is 4. The van der Waals surface area contributed by atoms with E-state index in [9.17, 15) is 20.0 Å². The van der Waals surface area contributed by atoms with E-state index >= 15 is 0 Å². The molecule has 0 aliphatic heterocycles. The van der Waals surface area contributed by atoms with Crippen molar-refractivity contribution in [1.82, 2.24) is 0 Å². The highest BCUT2D eigenvalue weighted by molar-refractivity contribution is 5.65. The van der Waals surface area contributed by atoms with Gasteiger partial charge in [-0.15, -0.1) is 0 Å². The summed E-state index contributed by atoms with van der Waals surface area (Å²) in [7, 11) is 0. The number of nitrogens with zero attached hydrogens (tertiary/aromatic N) is 1. The summed E-state index contributed by atoms with van der Waals surface area (Å²) >= 11 is 0. The average Bonchev–Trinajstić information content (AvgIpc) is 2.25. The molecule has 1 unspecified atom stereocenters. The molecule has 5 nitrogen and oxygen atoms in total. The molecule has 0 bridgehead atoms. The summed E-state index contributed by atoms with van der Waals surface area (Å²) in [6.45, 7) is 1.84. The van der Waals surface area contributed by atoms with Crippen LogP contribution >= 0.6 is 0 Å². The van der Waals surface area contributed by atoms with Crippen molar-refractivity contribution >= 4 is 11.7 Å². The Morgan fingerprint density at radius 1 is 1.50 bits per heavy atom. The van der Waals surface area contributed by atoms with Crippen molar-refractivity contribution in [2.24, 2.45) is 0 Å². The van der Waals surface area contributed by atoms with E-state index in [0.717, 1.165) is 0 Å². The van der Waals surface area contributed by atoms with E-state index in [2.05, 4.69) is 0 Å². The maximum Gasteiger partial charge on any atom is 0.269 e. The first-order chi connectivity index (χ1) is 7.54.